The SMILES string of the molecule is CCN(CC)S(=O)(=O)c1ccc(F)c(C(=O)N(C)Cc2ccc(SC)cc2)c1. The Morgan fingerprint density at radius 2 is 1.68 bits per heavy atom. The van der Waals surface area contributed by atoms with Crippen LogP contribution in [0.25, 0.3) is 0 Å². The first-order valence-corrected chi connectivity index (χ1v) is 11.6. The second-order valence-electron chi connectivity index (χ2n) is 6.24. The fraction of sp³-hybridized carbons (Fsp3) is 0.350. The maximum atomic E-state index is 14.3. The van der Waals surface area contributed by atoms with E-state index < -0.39 is 21.7 Å². The van der Waals surface area contributed by atoms with Crippen molar-refractivity contribution in [2.24, 2.45) is 0 Å². The third kappa shape index (κ3) is 4.92. The Morgan fingerprint density at radius 1 is 1.07 bits per heavy atom. The number of thioether (sulfide) groups is 1. The fourth-order valence-corrected chi connectivity index (χ4v) is 4.72. The van der Waals surface area contributed by atoms with Gasteiger partial charge in [-0.05, 0) is 42.2 Å². The smallest absolute Gasteiger partial charge is 0.256 e. The quantitative estimate of drug-likeness (QED) is 0.604. The van der Waals surface area contributed by atoms with Crippen LogP contribution >= 0.6 is 11.8 Å². The molecular weight excluding hydrogens is 399 g/mol. The van der Waals surface area contributed by atoms with E-state index >= 15 is 0 Å². The minimum atomic E-state index is -3.77. The molecule has 0 atom stereocenters. The molecule has 2 rings (SSSR count). The molecule has 5 nitrogen and oxygen atoms in total. The molecule has 0 saturated heterocycles. The predicted octanol–water partition coefficient (Wildman–Crippen LogP) is 3.85. The lowest BCUT2D eigenvalue weighted by Gasteiger charge is -2.20. The van der Waals surface area contributed by atoms with Gasteiger partial charge in [0.1, 0.15) is 5.82 Å². The zero-order chi connectivity index (χ0) is 20.9. The molecule has 152 valence electrons. The Bertz CT molecular complexity index is 927. The number of rotatable bonds is 8. The van der Waals surface area contributed by atoms with E-state index in [2.05, 4.69) is 0 Å². The van der Waals surface area contributed by atoms with E-state index in [1.54, 1.807) is 32.7 Å². The Kier molecular flexibility index (Phi) is 7.63. The molecule has 8 heteroatoms. The van der Waals surface area contributed by atoms with Crippen LogP contribution in [-0.2, 0) is 16.6 Å². The molecule has 0 fully saturated rings. The van der Waals surface area contributed by atoms with Crippen LogP contribution in [0.5, 0.6) is 0 Å². The van der Waals surface area contributed by atoms with Gasteiger partial charge in [-0.15, -0.1) is 11.8 Å². The van der Waals surface area contributed by atoms with Gasteiger partial charge < -0.3 is 4.90 Å². The monoisotopic (exact) mass is 424 g/mol. The number of benzene rings is 2. The summed E-state index contributed by atoms with van der Waals surface area (Å²) in [5.41, 5.74) is 0.650. The van der Waals surface area contributed by atoms with E-state index in [0.717, 1.165) is 22.6 Å². The Morgan fingerprint density at radius 3 is 2.21 bits per heavy atom. The van der Waals surface area contributed by atoms with Crippen molar-refractivity contribution in [1.29, 1.82) is 0 Å². The highest BCUT2D eigenvalue weighted by Gasteiger charge is 2.25. The molecular formula is C20H25FN2O3S2. The van der Waals surface area contributed by atoms with Gasteiger partial charge in [-0.1, -0.05) is 26.0 Å². The molecule has 0 unspecified atom stereocenters. The minimum absolute atomic E-state index is 0.0846. The highest BCUT2D eigenvalue weighted by atomic mass is 32.2. The lowest BCUT2D eigenvalue weighted by molar-refractivity contribution is 0.0780. The summed E-state index contributed by atoms with van der Waals surface area (Å²) >= 11 is 1.62. The van der Waals surface area contributed by atoms with Crippen molar-refractivity contribution in [3.63, 3.8) is 0 Å². The molecule has 0 bridgehead atoms. The van der Waals surface area contributed by atoms with Crippen molar-refractivity contribution in [2.45, 2.75) is 30.2 Å². The van der Waals surface area contributed by atoms with Crippen molar-refractivity contribution < 1.29 is 17.6 Å². The molecule has 2 aromatic carbocycles. The third-order valence-electron chi connectivity index (χ3n) is 4.44. The van der Waals surface area contributed by atoms with E-state index in [-0.39, 0.29) is 10.5 Å². The van der Waals surface area contributed by atoms with E-state index in [1.165, 1.54) is 15.3 Å². The Balaban J connectivity index is 2.29. The molecule has 0 aliphatic rings. The van der Waals surface area contributed by atoms with Gasteiger partial charge >= 0.3 is 0 Å². The topological polar surface area (TPSA) is 57.7 Å². The van der Waals surface area contributed by atoms with Gasteiger partial charge in [0.2, 0.25) is 10.0 Å². The number of hydrogen-bond acceptors (Lipinski definition) is 4. The van der Waals surface area contributed by atoms with Crippen LogP contribution < -0.4 is 0 Å². The normalized spacial score (nSPS) is 11.6. The number of carbonyl (C=O) groups excluding carboxylic acids is 1. The van der Waals surface area contributed by atoms with Gasteiger partial charge in [-0.3, -0.25) is 4.79 Å². The first-order valence-electron chi connectivity index (χ1n) is 8.92. The lowest BCUT2D eigenvalue weighted by Crippen LogP contribution is -2.31. The molecule has 0 aliphatic heterocycles. The van der Waals surface area contributed by atoms with E-state index in [4.69, 9.17) is 0 Å². The van der Waals surface area contributed by atoms with Gasteiger partial charge in [0.25, 0.3) is 5.91 Å². The summed E-state index contributed by atoms with van der Waals surface area (Å²) in [6, 6.07) is 11.1. The van der Waals surface area contributed by atoms with Gasteiger partial charge in [-0.2, -0.15) is 4.31 Å². The standard InChI is InChI=1S/C20H25FN2O3S2/c1-5-23(6-2)28(25,26)17-11-12-19(21)18(13-17)20(24)22(3)14-15-7-9-16(27-4)10-8-15/h7-13H,5-6,14H2,1-4H3. The van der Waals surface area contributed by atoms with Crippen LogP contribution in [0.4, 0.5) is 4.39 Å². The van der Waals surface area contributed by atoms with Crippen LogP contribution in [0.2, 0.25) is 0 Å². The zero-order valence-corrected chi connectivity index (χ0v) is 18.1. The summed E-state index contributed by atoms with van der Waals surface area (Å²) in [4.78, 5) is 15.2. The van der Waals surface area contributed by atoms with Gasteiger partial charge in [0.15, 0.2) is 0 Å². The van der Waals surface area contributed by atoms with Crippen LogP contribution in [-0.4, -0.2) is 49.9 Å². The summed E-state index contributed by atoms with van der Waals surface area (Å²) in [7, 11) is -2.21. The van der Waals surface area contributed by atoms with Gasteiger partial charge in [0, 0.05) is 31.6 Å². The molecule has 1 amide bonds. The molecule has 0 spiro atoms. The van der Waals surface area contributed by atoms with E-state index in [1.807, 2.05) is 30.5 Å². The highest BCUT2D eigenvalue weighted by molar-refractivity contribution is 7.98. The van der Waals surface area contributed by atoms with Crippen molar-refractivity contribution in [2.75, 3.05) is 26.4 Å². The van der Waals surface area contributed by atoms with Crippen molar-refractivity contribution in [1.82, 2.24) is 9.21 Å². The number of sulfonamides is 1. The second kappa shape index (κ2) is 9.54. The van der Waals surface area contributed by atoms with Crippen LogP contribution in [0.15, 0.2) is 52.3 Å². The van der Waals surface area contributed by atoms with Crippen LogP contribution in [0.3, 0.4) is 0 Å². The Labute approximate surface area is 170 Å². The maximum absolute atomic E-state index is 14.3. The average molecular weight is 425 g/mol. The summed E-state index contributed by atoms with van der Waals surface area (Å²) in [6.45, 7) is 4.34. The first-order chi connectivity index (χ1) is 13.2. The molecule has 0 radical (unpaired) electrons. The molecule has 0 aliphatic carbocycles. The fourth-order valence-electron chi connectivity index (χ4n) is 2.82. The van der Waals surface area contributed by atoms with Gasteiger partial charge in [0.05, 0.1) is 10.5 Å². The average Bonchev–Trinajstić information content (AvgIpc) is 2.69. The molecule has 0 N–H and O–H groups in total. The molecule has 0 aromatic heterocycles. The summed E-state index contributed by atoms with van der Waals surface area (Å²) in [5, 5.41) is 0. The molecule has 0 saturated carbocycles. The molecule has 28 heavy (non-hydrogen) atoms. The highest BCUT2D eigenvalue weighted by Crippen LogP contribution is 2.21. The van der Waals surface area contributed by atoms with Gasteiger partial charge in [-0.25, -0.2) is 12.8 Å². The number of amides is 1. The lowest BCUT2D eigenvalue weighted by atomic mass is 10.1. The minimum Gasteiger partial charge on any atom is -0.337 e. The van der Waals surface area contributed by atoms with Crippen LogP contribution in [0.1, 0.15) is 29.8 Å². The van der Waals surface area contributed by atoms with Crippen LogP contribution in [0, 0.1) is 5.82 Å². The maximum Gasteiger partial charge on any atom is 0.256 e. The van der Waals surface area contributed by atoms with E-state index in [9.17, 15) is 17.6 Å². The number of carbonyl (C=O) groups is 1. The van der Waals surface area contributed by atoms with E-state index in [0.29, 0.717) is 19.6 Å². The summed E-state index contributed by atoms with van der Waals surface area (Å²) < 4.78 is 40.9. The summed E-state index contributed by atoms with van der Waals surface area (Å²) in [5.74, 6) is -1.31. The number of nitrogens with zero attached hydrogens (tertiary/aromatic N) is 2. The predicted molar refractivity (Wildman–Crippen MR) is 111 cm³/mol. The first kappa shape index (κ1) is 22.4. The van der Waals surface area contributed by atoms with Crippen molar-refractivity contribution in [3.8, 4) is 0 Å². The van der Waals surface area contributed by atoms with Crippen molar-refractivity contribution in [3.05, 3.63) is 59.4 Å². The summed E-state index contributed by atoms with van der Waals surface area (Å²) in [6.07, 6.45) is 1.98. The Hall–Kier alpha value is -1.90. The van der Waals surface area contributed by atoms with Crippen molar-refractivity contribution >= 4 is 27.7 Å². The molecule has 2 aromatic rings. The molecule has 0 heterocycles. The number of halogens is 1. The second-order valence-corrected chi connectivity index (χ2v) is 9.06. The third-order valence-corrected chi connectivity index (χ3v) is 7.23. The largest absolute Gasteiger partial charge is 0.337 e. The zero-order valence-electron chi connectivity index (χ0n) is 16.5. The number of hydrogen-bond donors (Lipinski definition) is 0.